The van der Waals surface area contributed by atoms with Crippen molar-refractivity contribution in [2.24, 2.45) is 5.73 Å². The molecule has 2 nitrogen and oxygen atoms in total. The number of aryl methyl sites for hydroxylation is 2. The average Bonchev–Trinajstić information content (AvgIpc) is 3.38. The van der Waals surface area contributed by atoms with Crippen molar-refractivity contribution in [2.45, 2.75) is 71.3 Å². The fraction of sp³-hybridized carbons (Fsp3) is 0.333. The molecule has 42 heavy (non-hydrogen) atoms. The maximum Gasteiger partial charge on any atom is 0.248 e. The first-order valence-corrected chi connectivity index (χ1v) is 15.8. The molecule has 222 valence electrons. The number of hydrogen-bond donors (Lipinski definition) is 2. The lowest BCUT2D eigenvalue weighted by Crippen LogP contribution is -2.16. The van der Waals surface area contributed by atoms with Gasteiger partial charge >= 0.3 is 0 Å². The highest BCUT2D eigenvalue weighted by Gasteiger charge is 2.27. The summed E-state index contributed by atoms with van der Waals surface area (Å²) in [6, 6.07) is 19.7. The maximum atomic E-state index is 14.2. The molecule has 3 N–H and O–H groups in total. The summed E-state index contributed by atoms with van der Waals surface area (Å²) in [6.45, 7) is 7.68. The number of allylic oxidation sites excluding steroid dienone is 2. The highest BCUT2D eigenvalue weighted by molar-refractivity contribution is 7.38. The lowest BCUT2D eigenvalue weighted by Gasteiger charge is -2.18. The van der Waals surface area contributed by atoms with Gasteiger partial charge in [-0.15, -0.1) is 8.19 Å². The normalized spacial score (nSPS) is 13.3. The first-order valence-electron chi connectivity index (χ1n) is 14.8. The maximum absolute atomic E-state index is 14.2. The summed E-state index contributed by atoms with van der Waals surface area (Å²) in [6.07, 6.45) is 8.95. The molecule has 0 spiro atoms. The Morgan fingerprint density at radius 2 is 1.86 bits per heavy atom. The van der Waals surface area contributed by atoms with E-state index in [1.165, 1.54) is 33.6 Å². The van der Waals surface area contributed by atoms with Gasteiger partial charge in [0.1, 0.15) is 5.82 Å². The van der Waals surface area contributed by atoms with Gasteiger partial charge in [0.2, 0.25) is 5.92 Å². The van der Waals surface area contributed by atoms with E-state index in [1.54, 1.807) is 19.1 Å². The van der Waals surface area contributed by atoms with E-state index < -0.39 is 5.92 Å². The summed E-state index contributed by atoms with van der Waals surface area (Å²) in [5.74, 6) is -2.84. The molecule has 0 fully saturated rings. The van der Waals surface area contributed by atoms with Crippen LogP contribution in [0.5, 0.6) is 0 Å². The monoisotopic (exact) mass is 590 g/mol. The molecular weight excluding hydrogens is 548 g/mol. The van der Waals surface area contributed by atoms with Gasteiger partial charge in [0.05, 0.1) is 0 Å². The van der Waals surface area contributed by atoms with Crippen molar-refractivity contribution in [1.29, 1.82) is 0 Å². The molecule has 1 heterocycles. The third-order valence-corrected chi connectivity index (χ3v) is 9.26. The molecule has 1 aromatic heterocycles. The second-order valence-electron chi connectivity index (χ2n) is 11.1. The van der Waals surface area contributed by atoms with Crippen LogP contribution in [0, 0.1) is 12.7 Å². The Labute approximate surface area is 250 Å². The van der Waals surface area contributed by atoms with Crippen LogP contribution in [0.4, 0.5) is 13.2 Å². The molecule has 0 radical (unpaired) electrons. The van der Waals surface area contributed by atoms with Gasteiger partial charge in [-0.25, -0.2) is 13.2 Å². The van der Waals surface area contributed by atoms with Crippen LogP contribution in [0.15, 0.2) is 85.1 Å². The quantitative estimate of drug-likeness (QED) is 0.113. The Bertz CT molecular complexity index is 1540. The van der Waals surface area contributed by atoms with Crippen LogP contribution in [0.1, 0.15) is 73.0 Å². The minimum Gasteiger partial charge on any atom is -0.405 e. The molecule has 0 saturated heterocycles. The molecule has 0 bridgehead atoms. The standard InChI is InChI=1S/C36H42F3N2P/c1-4-15-36(38,39)16-14-27-12-13-33(25(2)19-27)29-20-30-22-32(24-41-18-8-6-5-7-17-40)42-35(30)34(23-29)26(3)28-10-9-11-31(37)21-28/h5-7,9-13,17,19-23,26,41-42H,4,8,14-16,18,24,40H2,1-3H3/b6-5+,17-7+. The molecule has 0 saturated carbocycles. The topological polar surface area (TPSA) is 38.0 Å². The number of halogens is 3. The average molecular weight is 591 g/mol. The van der Waals surface area contributed by atoms with Crippen molar-refractivity contribution in [3.8, 4) is 11.1 Å². The van der Waals surface area contributed by atoms with E-state index in [2.05, 4.69) is 49.5 Å². The van der Waals surface area contributed by atoms with Gasteiger partial charge in [-0.3, -0.25) is 0 Å². The Morgan fingerprint density at radius 1 is 1.02 bits per heavy atom. The number of nitrogens with two attached hydrogens (primary N) is 1. The molecule has 0 aliphatic rings. The third-order valence-electron chi connectivity index (χ3n) is 7.79. The molecule has 2 unspecified atom stereocenters. The van der Waals surface area contributed by atoms with Crippen LogP contribution in [0.2, 0.25) is 0 Å². The smallest absolute Gasteiger partial charge is 0.248 e. The number of fused-ring (bicyclic) bond motifs is 1. The van der Waals surface area contributed by atoms with Gasteiger partial charge < -0.3 is 11.1 Å². The van der Waals surface area contributed by atoms with Crippen molar-refractivity contribution in [1.82, 2.24) is 5.32 Å². The summed E-state index contributed by atoms with van der Waals surface area (Å²) in [5, 5.41) is 7.41. The fourth-order valence-electron chi connectivity index (χ4n) is 5.55. The Kier molecular flexibility index (Phi) is 11.1. The zero-order valence-electron chi connectivity index (χ0n) is 24.8. The highest BCUT2D eigenvalue weighted by Crippen LogP contribution is 2.42. The van der Waals surface area contributed by atoms with Crippen LogP contribution in [0.3, 0.4) is 0 Å². The molecule has 4 rings (SSSR count). The first-order chi connectivity index (χ1) is 20.2. The van der Waals surface area contributed by atoms with E-state index in [1.807, 2.05) is 30.4 Å². The fourth-order valence-corrected chi connectivity index (χ4v) is 7.03. The van der Waals surface area contributed by atoms with Crippen LogP contribution in [0.25, 0.3) is 21.6 Å². The van der Waals surface area contributed by atoms with E-state index in [9.17, 15) is 13.2 Å². The number of hydrogen-bond acceptors (Lipinski definition) is 2. The summed E-state index contributed by atoms with van der Waals surface area (Å²) in [7, 11) is 0.548. The van der Waals surface area contributed by atoms with Gasteiger partial charge in [-0.2, -0.15) is 0 Å². The van der Waals surface area contributed by atoms with E-state index >= 15 is 0 Å². The van der Waals surface area contributed by atoms with Crippen LogP contribution in [-0.2, 0) is 13.0 Å². The summed E-state index contributed by atoms with van der Waals surface area (Å²) in [5.41, 5.74) is 11.7. The summed E-state index contributed by atoms with van der Waals surface area (Å²) >= 11 is 0. The van der Waals surface area contributed by atoms with Gasteiger partial charge in [-0.05, 0) is 113 Å². The molecule has 4 aromatic rings. The Hall–Kier alpha value is -3.27. The third kappa shape index (κ3) is 8.40. The molecule has 3 aromatic carbocycles. The van der Waals surface area contributed by atoms with E-state index in [-0.39, 0.29) is 24.6 Å². The highest BCUT2D eigenvalue weighted by atomic mass is 31.0. The van der Waals surface area contributed by atoms with Crippen LogP contribution >= 0.6 is 8.19 Å². The molecule has 2 atom stereocenters. The van der Waals surface area contributed by atoms with Gasteiger partial charge in [0.25, 0.3) is 0 Å². The number of rotatable bonds is 14. The van der Waals surface area contributed by atoms with E-state index in [0.717, 1.165) is 47.3 Å². The van der Waals surface area contributed by atoms with Gasteiger partial charge in [0, 0.05) is 30.4 Å². The molecular formula is C36H42F3N2P. The van der Waals surface area contributed by atoms with E-state index in [4.69, 9.17) is 5.73 Å². The SMILES string of the molecule is CCCC(F)(F)CCc1ccc(-c2cc(C(C)c3cccc(F)c3)c3[pH]c(CNCC/C=C/C=C/N)cc3c2)c(C)c1. The van der Waals surface area contributed by atoms with Crippen molar-refractivity contribution in [2.75, 3.05) is 6.54 Å². The summed E-state index contributed by atoms with van der Waals surface area (Å²) < 4.78 is 42.4. The summed E-state index contributed by atoms with van der Waals surface area (Å²) in [4.78, 5) is 0. The predicted molar refractivity (Wildman–Crippen MR) is 175 cm³/mol. The molecule has 0 amide bonds. The second kappa shape index (κ2) is 14.8. The zero-order valence-corrected chi connectivity index (χ0v) is 25.8. The number of alkyl halides is 2. The van der Waals surface area contributed by atoms with Gasteiger partial charge in [-0.1, -0.05) is 62.8 Å². The number of nitrogens with one attached hydrogen (secondary N) is 1. The molecule has 0 aliphatic heterocycles. The van der Waals surface area contributed by atoms with Crippen molar-refractivity contribution in [3.05, 3.63) is 118 Å². The second-order valence-corrected chi connectivity index (χ2v) is 12.5. The molecule has 0 aliphatic carbocycles. The van der Waals surface area contributed by atoms with Crippen molar-refractivity contribution in [3.63, 3.8) is 0 Å². The van der Waals surface area contributed by atoms with Crippen LogP contribution in [-0.4, -0.2) is 12.5 Å². The van der Waals surface area contributed by atoms with Crippen LogP contribution < -0.4 is 11.1 Å². The lowest BCUT2D eigenvalue weighted by molar-refractivity contribution is -0.0164. The van der Waals surface area contributed by atoms with Crippen molar-refractivity contribution >= 4 is 18.7 Å². The lowest BCUT2D eigenvalue weighted by atomic mass is 9.88. The minimum atomic E-state index is -2.62. The molecule has 6 heteroatoms. The first kappa shape index (κ1) is 31.7. The Morgan fingerprint density at radius 3 is 2.60 bits per heavy atom. The zero-order chi connectivity index (χ0) is 30.1. The number of benzene rings is 3. The van der Waals surface area contributed by atoms with Gasteiger partial charge in [0.15, 0.2) is 0 Å². The predicted octanol–water partition coefficient (Wildman–Crippen LogP) is 10.0. The Balaban J connectivity index is 1.65. The van der Waals surface area contributed by atoms with Crippen molar-refractivity contribution < 1.29 is 13.2 Å². The minimum absolute atomic E-state index is 0.0173. The largest absolute Gasteiger partial charge is 0.405 e. The van der Waals surface area contributed by atoms with E-state index in [0.29, 0.717) is 21.0 Å².